The minimum Gasteiger partial charge on any atom is -0.494 e. The molecule has 1 atom stereocenters. The van der Waals surface area contributed by atoms with Crippen molar-refractivity contribution in [2.24, 2.45) is 11.8 Å². The Kier molecular flexibility index (Phi) is 5.29. The van der Waals surface area contributed by atoms with E-state index in [1.54, 1.807) is 0 Å². The summed E-state index contributed by atoms with van der Waals surface area (Å²) in [4.78, 5) is 0. The van der Waals surface area contributed by atoms with E-state index in [1.807, 2.05) is 19.1 Å². The van der Waals surface area contributed by atoms with E-state index in [-0.39, 0.29) is 6.04 Å². The van der Waals surface area contributed by atoms with Gasteiger partial charge in [-0.25, -0.2) is 0 Å². The fourth-order valence-electron chi connectivity index (χ4n) is 1.76. The van der Waals surface area contributed by atoms with E-state index >= 15 is 0 Å². The highest BCUT2D eigenvalue weighted by Crippen LogP contribution is 2.23. The highest BCUT2D eigenvalue weighted by molar-refractivity contribution is 5.30. The van der Waals surface area contributed by atoms with Crippen molar-refractivity contribution in [3.05, 3.63) is 29.8 Å². The largest absolute Gasteiger partial charge is 0.494 e. The predicted molar refractivity (Wildman–Crippen MR) is 67.1 cm³/mol. The van der Waals surface area contributed by atoms with Gasteiger partial charge in [-0.15, -0.1) is 0 Å². The van der Waals surface area contributed by atoms with Gasteiger partial charge in [-0.3, -0.25) is 11.3 Å². The van der Waals surface area contributed by atoms with Crippen molar-refractivity contribution in [2.75, 3.05) is 6.61 Å². The molecule has 16 heavy (non-hydrogen) atoms. The molecule has 90 valence electrons. The zero-order valence-corrected chi connectivity index (χ0v) is 10.4. The van der Waals surface area contributed by atoms with Crippen molar-refractivity contribution in [1.29, 1.82) is 0 Å². The minimum absolute atomic E-state index is 0.195. The highest BCUT2D eigenvalue weighted by atomic mass is 16.5. The zero-order valence-electron chi connectivity index (χ0n) is 10.4. The molecule has 3 N–H and O–H groups in total. The Morgan fingerprint density at radius 2 is 2.12 bits per heavy atom. The molecule has 0 aliphatic carbocycles. The monoisotopic (exact) mass is 222 g/mol. The molecule has 1 aromatic carbocycles. The minimum atomic E-state index is 0.195. The molecule has 0 fully saturated rings. The van der Waals surface area contributed by atoms with Crippen LogP contribution in [0.1, 0.15) is 38.8 Å². The zero-order chi connectivity index (χ0) is 12.0. The number of hydrogen-bond donors (Lipinski definition) is 2. The lowest BCUT2D eigenvalue weighted by Gasteiger charge is -2.19. The molecule has 0 spiro atoms. The van der Waals surface area contributed by atoms with Gasteiger partial charge < -0.3 is 4.74 Å². The lowest BCUT2D eigenvalue weighted by molar-refractivity contribution is 0.338. The van der Waals surface area contributed by atoms with Crippen molar-refractivity contribution in [1.82, 2.24) is 5.43 Å². The summed E-state index contributed by atoms with van der Waals surface area (Å²) in [7, 11) is 0. The van der Waals surface area contributed by atoms with Crippen LogP contribution in [-0.4, -0.2) is 6.61 Å². The van der Waals surface area contributed by atoms with Gasteiger partial charge >= 0.3 is 0 Å². The summed E-state index contributed by atoms with van der Waals surface area (Å²) < 4.78 is 5.48. The van der Waals surface area contributed by atoms with E-state index in [0.717, 1.165) is 12.2 Å². The second-order valence-electron chi connectivity index (χ2n) is 4.35. The van der Waals surface area contributed by atoms with E-state index in [0.29, 0.717) is 12.5 Å². The highest BCUT2D eigenvalue weighted by Gasteiger charge is 2.11. The van der Waals surface area contributed by atoms with Crippen LogP contribution in [0.3, 0.4) is 0 Å². The van der Waals surface area contributed by atoms with Gasteiger partial charge in [-0.2, -0.15) is 0 Å². The summed E-state index contributed by atoms with van der Waals surface area (Å²) in [6.45, 7) is 7.06. The van der Waals surface area contributed by atoms with Crippen molar-refractivity contribution in [3.8, 4) is 5.75 Å². The number of hydrazine groups is 1. The Labute approximate surface area is 98.0 Å². The van der Waals surface area contributed by atoms with E-state index in [1.165, 1.54) is 5.56 Å². The van der Waals surface area contributed by atoms with E-state index in [2.05, 4.69) is 31.4 Å². The Hall–Kier alpha value is -1.06. The summed E-state index contributed by atoms with van der Waals surface area (Å²) >= 11 is 0. The molecule has 0 amide bonds. The number of ether oxygens (including phenoxy) is 1. The normalized spacial score (nSPS) is 12.8. The topological polar surface area (TPSA) is 47.3 Å². The summed E-state index contributed by atoms with van der Waals surface area (Å²) in [5, 5.41) is 0. The van der Waals surface area contributed by atoms with Gasteiger partial charge in [-0.1, -0.05) is 26.0 Å². The maximum atomic E-state index is 5.59. The Bertz CT molecular complexity index is 313. The molecule has 0 heterocycles. The molecule has 3 nitrogen and oxygen atoms in total. The maximum Gasteiger partial charge on any atom is 0.119 e. The quantitative estimate of drug-likeness (QED) is 0.574. The number of rotatable bonds is 6. The molecule has 0 aliphatic rings. The number of hydrogen-bond acceptors (Lipinski definition) is 3. The van der Waals surface area contributed by atoms with Gasteiger partial charge in [0.05, 0.1) is 6.61 Å². The summed E-state index contributed by atoms with van der Waals surface area (Å²) in [5.74, 6) is 7.10. The molecule has 0 saturated heterocycles. The molecule has 0 bridgehead atoms. The summed E-state index contributed by atoms with van der Waals surface area (Å²) in [5.41, 5.74) is 4.05. The fourth-order valence-corrected chi connectivity index (χ4v) is 1.76. The van der Waals surface area contributed by atoms with E-state index in [4.69, 9.17) is 10.6 Å². The average molecular weight is 222 g/mol. The Balaban J connectivity index is 2.79. The molecule has 0 aromatic heterocycles. The van der Waals surface area contributed by atoms with Gasteiger partial charge in [-0.05, 0) is 37.0 Å². The predicted octanol–water partition coefficient (Wildman–Crippen LogP) is 2.64. The molecule has 0 aliphatic heterocycles. The molecular weight excluding hydrogens is 200 g/mol. The molecule has 1 unspecified atom stereocenters. The van der Waals surface area contributed by atoms with Crippen LogP contribution in [0.5, 0.6) is 5.75 Å². The summed E-state index contributed by atoms with van der Waals surface area (Å²) in [6, 6.07) is 8.30. The molecule has 0 radical (unpaired) electrons. The van der Waals surface area contributed by atoms with Gasteiger partial charge in [0.15, 0.2) is 0 Å². The van der Waals surface area contributed by atoms with Crippen molar-refractivity contribution < 1.29 is 4.74 Å². The standard InChI is InChI=1S/C13H22N2O/c1-4-16-12-7-5-6-11(9-12)13(15-14)8-10(2)3/h5-7,9-10,13,15H,4,8,14H2,1-3H3. The van der Waals surface area contributed by atoms with Gasteiger partial charge in [0.25, 0.3) is 0 Å². The van der Waals surface area contributed by atoms with Crippen LogP contribution in [0, 0.1) is 5.92 Å². The number of benzene rings is 1. The maximum absolute atomic E-state index is 5.59. The molecular formula is C13H22N2O. The number of nitrogens with one attached hydrogen (secondary N) is 1. The first kappa shape index (κ1) is 13.0. The lowest BCUT2D eigenvalue weighted by atomic mass is 9.97. The summed E-state index contributed by atoms with van der Waals surface area (Å²) in [6.07, 6.45) is 1.02. The third kappa shape index (κ3) is 3.83. The van der Waals surface area contributed by atoms with Crippen LogP contribution < -0.4 is 16.0 Å². The Morgan fingerprint density at radius 3 is 2.69 bits per heavy atom. The smallest absolute Gasteiger partial charge is 0.119 e. The first-order valence-corrected chi connectivity index (χ1v) is 5.86. The van der Waals surface area contributed by atoms with Crippen LogP contribution in [-0.2, 0) is 0 Å². The molecule has 1 aromatic rings. The third-order valence-electron chi connectivity index (χ3n) is 2.48. The van der Waals surface area contributed by atoms with Crippen LogP contribution >= 0.6 is 0 Å². The van der Waals surface area contributed by atoms with Crippen LogP contribution in [0.25, 0.3) is 0 Å². The van der Waals surface area contributed by atoms with Crippen LogP contribution in [0.2, 0.25) is 0 Å². The number of nitrogens with two attached hydrogens (primary N) is 1. The molecule has 1 rings (SSSR count). The second kappa shape index (κ2) is 6.51. The first-order valence-electron chi connectivity index (χ1n) is 5.86. The third-order valence-corrected chi connectivity index (χ3v) is 2.48. The van der Waals surface area contributed by atoms with Crippen LogP contribution in [0.4, 0.5) is 0 Å². The van der Waals surface area contributed by atoms with Gasteiger partial charge in [0.1, 0.15) is 5.75 Å². The lowest BCUT2D eigenvalue weighted by Crippen LogP contribution is -2.29. The van der Waals surface area contributed by atoms with Crippen molar-refractivity contribution in [2.45, 2.75) is 33.2 Å². The fraction of sp³-hybridized carbons (Fsp3) is 0.538. The molecule has 3 heteroatoms. The van der Waals surface area contributed by atoms with Crippen molar-refractivity contribution >= 4 is 0 Å². The SMILES string of the molecule is CCOc1cccc(C(CC(C)C)NN)c1. The molecule has 0 saturated carbocycles. The van der Waals surface area contributed by atoms with Gasteiger partial charge in [0.2, 0.25) is 0 Å². The first-order chi connectivity index (χ1) is 7.67. The van der Waals surface area contributed by atoms with E-state index in [9.17, 15) is 0 Å². The van der Waals surface area contributed by atoms with Crippen LogP contribution in [0.15, 0.2) is 24.3 Å². The van der Waals surface area contributed by atoms with Gasteiger partial charge in [0, 0.05) is 6.04 Å². The average Bonchev–Trinajstić information content (AvgIpc) is 2.26. The Morgan fingerprint density at radius 1 is 1.38 bits per heavy atom. The second-order valence-corrected chi connectivity index (χ2v) is 4.35. The van der Waals surface area contributed by atoms with E-state index < -0.39 is 0 Å². The van der Waals surface area contributed by atoms with Crippen molar-refractivity contribution in [3.63, 3.8) is 0 Å².